The Bertz CT molecular complexity index is 638. The highest BCUT2D eigenvalue weighted by Crippen LogP contribution is 2.20. The standard InChI is InChI=1S/C20H25NO2S/c1-4-23-18-9-7-17(8-10-18)16(3)21-20(22)13-14-24-19-11-5-15(2)6-12-19/h5-12,16H,4,13-14H2,1-3H3,(H,21,22)/t16-/m1/s1. The number of amides is 1. The molecule has 0 aliphatic heterocycles. The molecule has 0 spiro atoms. The number of hydrogen-bond donors (Lipinski definition) is 1. The molecule has 0 radical (unpaired) electrons. The van der Waals surface area contributed by atoms with Crippen LogP contribution in [0.25, 0.3) is 0 Å². The average Bonchev–Trinajstić information content (AvgIpc) is 2.57. The Kier molecular flexibility index (Phi) is 7.19. The monoisotopic (exact) mass is 343 g/mol. The largest absolute Gasteiger partial charge is 0.494 e. The van der Waals surface area contributed by atoms with E-state index in [9.17, 15) is 4.79 Å². The zero-order chi connectivity index (χ0) is 17.4. The molecule has 0 bridgehead atoms. The fourth-order valence-electron chi connectivity index (χ4n) is 2.31. The van der Waals surface area contributed by atoms with Crippen LogP contribution in [0.3, 0.4) is 0 Å². The van der Waals surface area contributed by atoms with Gasteiger partial charge in [0.2, 0.25) is 5.91 Å². The number of aryl methyl sites for hydroxylation is 1. The molecule has 2 rings (SSSR count). The molecule has 1 amide bonds. The van der Waals surface area contributed by atoms with Crippen molar-refractivity contribution in [2.24, 2.45) is 0 Å². The van der Waals surface area contributed by atoms with E-state index >= 15 is 0 Å². The Morgan fingerprint density at radius 2 is 1.79 bits per heavy atom. The highest BCUT2D eigenvalue weighted by molar-refractivity contribution is 7.99. The molecule has 3 nitrogen and oxygen atoms in total. The number of hydrogen-bond acceptors (Lipinski definition) is 3. The molecular weight excluding hydrogens is 318 g/mol. The summed E-state index contributed by atoms with van der Waals surface area (Å²) >= 11 is 1.71. The Morgan fingerprint density at radius 1 is 1.12 bits per heavy atom. The molecule has 1 atom stereocenters. The summed E-state index contributed by atoms with van der Waals surface area (Å²) in [6, 6.07) is 16.3. The molecule has 2 aromatic rings. The summed E-state index contributed by atoms with van der Waals surface area (Å²) in [5.74, 6) is 1.72. The van der Waals surface area contributed by atoms with Crippen LogP contribution in [0.5, 0.6) is 5.75 Å². The van der Waals surface area contributed by atoms with Crippen LogP contribution in [0, 0.1) is 6.92 Å². The quantitative estimate of drug-likeness (QED) is 0.703. The second-order valence-corrected chi connectivity index (χ2v) is 6.87. The van der Waals surface area contributed by atoms with Crippen molar-refractivity contribution in [2.75, 3.05) is 12.4 Å². The summed E-state index contributed by atoms with van der Waals surface area (Å²) in [6.45, 7) is 6.69. The molecule has 24 heavy (non-hydrogen) atoms. The van der Waals surface area contributed by atoms with E-state index in [2.05, 4.69) is 36.5 Å². The van der Waals surface area contributed by atoms with E-state index in [1.54, 1.807) is 11.8 Å². The minimum Gasteiger partial charge on any atom is -0.494 e. The van der Waals surface area contributed by atoms with E-state index in [1.165, 1.54) is 10.5 Å². The van der Waals surface area contributed by atoms with Crippen molar-refractivity contribution in [3.05, 3.63) is 59.7 Å². The molecule has 0 saturated heterocycles. The molecule has 0 fully saturated rings. The van der Waals surface area contributed by atoms with Gasteiger partial charge in [0.15, 0.2) is 0 Å². The van der Waals surface area contributed by atoms with Gasteiger partial charge in [0.25, 0.3) is 0 Å². The number of thioether (sulfide) groups is 1. The van der Waals surface area contributed by atoms with E-state index < -0.39 is 0 Å². The van der Waals surface area contributed by atoms with Crippen molar-refractivity contribution >= 4 is 17.7 Å². The predicted octanol–water partition coefficient (Wildman–Crippen LogP) is 4.75. The number of ether oxygens (including phenoxy) is 1. The zero-order valence-corrected chi connectivity index (χ0v) is 15.4. The van der Waals surface area contributed by atoms with Gasteiger partial charge in [0, 0.05) is 17.1 Å². The second-order valence-electron chi connectivity index (χ2n) is 5.70. The van der Waals surface area contributed by atoms with Gasteiger partial charge in [-0.15, -0.1) is 11.8 Å². The third kappa shape index (κ3) is 5.93. The van der Waals surface area contributed by atoms with Crippen LogP contribution in [-0.2, 0) is 4.79 Å². The molecule has 0 unspecified atom stereocenters. The lowest BCUT2D eigenvalue weighted by Crippen LogP contribution is -2.26. The fourth-order valence-corrected chi connectivity index (χ4v) is 3.16. The molecule has 0 aliphatic carbocycles. The maximum absolute atomic E-state index is 12.1. The van der Waals surface area contributed by atoms with Gasteiger partial charge in [-0.1, -0.05) is 29.8 Å². The lowest BCUT2D eigenvalue weighted by Gasteiger charge is -2.15. The minimum absolute atomic E-state index is 0.00227. The van der Waals surface area contributed by atoms with Gasteiger partial charge in [-0.05, 0) is 50.6 Å². The van der Waals surface area contributed by atoms with Gasteiger partial charge in [-0.2, -0.15) is 0 Å². The van der Waals surface area contributed by atoms with E-state index in [0.29, 0.717) is 13.0 Å². The van der Waals surface area contributed by atoms with Crippen molar-refractivity contribution in [3.63, 3.8) is 0 Å². The summed E-state index contributed by atoms with van der Waals surface area (Å²) < 4.78 is 5.43. The number of carbonyl (C=O) groups is 1. The van der Waals surface area contributed by atoms with Crippen LogP contribution in [0.4, 0.5) is 0 Å². The van der Waals surface area contributed by atoms with Crippen molar-refractivity contribution in [1.82, 2.24) is 5.32 Å². The molecule has 2 aromatic carbocycles. The molecule has 1 N–H and O–H groups in total. The first kappa shape index (κ1) is 18.4. The van der Waals surface area contributed by atoms with Gasteiger partial charge >= 0.3 is 0 Å². The first-order chi connectivity index (χ1) is 11.6. The van der Waals surface area contributed by atoms with Crippen LogP contribution in [0.2, 0.25) is 0 Å². The van der Waals surface area contributed by atoms with E-state index in [0.717, 1.165) is 17.1 Å². The maximum Gasteiger partial charge on any atom is 0.221 e. The third-order valence-corrected chi connectivity index (χ3v) is 4.70. The van der Waals surface area contributed by atoms with E-state index in [4.69, 9.17) is 4.74 Å². The average molecular weight is 343 g/mol. The lowest BCUT2D eigenvalue weighted by atomic mass is 10.1. The Balaban J connectivity index is 1.75. The summed E-state index contributed by atoms with van der Waals surface area (Å²) in [5, 5.41) is 3.05. The van der Waals surface area contributed by atoms with E-state index in [1.807, 2.05) is 38.1 Å². The predicted molar refractivity (Wildman–Crippen MR) is 101 cm³/mol. The van der Waals surface area contributed by atoms with Crippen molar-refractivity contribution in [3.8, 4) is 5.75 Å². The van der Waals surface area contributed by atoms with Crippen LogP contribution in [-0.4, -0.2) is 18.3 Å². The molecule has 0 aromatic heterocycles. The van der Waals surface area contributed by atoms with Crippen LogP contribution in [0.15, 0.2) is 53.4 Å². The minimum atomic E-state index is -0.00227. The third-order valence-electron chi connectivity index (χ3n) is 3.69. The number of rotatable bonds is 8. The molecule has 0 heterocycles. The number of carbonyl (C=O) groups excluding carboxylic acids is 1. The maximum atomic E-state index is 12.1. The van der Waals surface area contributed by atoms with Gasteiger partial charge in [-0.3, -0.25) is 4.79 Å². The fraction of sp³-hybridized carbons (Fsp3) is 0.350. The highest BCUT2D eigenvalue weighted by atomic mass is 32.2. The summed E-state index contributed by atoms with van der Waals surface area (Å²) in [5.41, 5.74) is 2.33. The lowest BCUT2D eigenvalue weighted by molar-refractivity contribution is -0.121. The SMILES string of the molecule is CCOc1ccc([C@@H](C)NC(=O)CCSc2ccc(C)cc2)cc1. The zero-order valence-electron chi connectivity index (χ0n) is 14.5. The highest BCUT2D eigenvalue weighted by Gasteiger charge is 2.09. The summed E-state index contributed by atoms with van der Waals surface area (Å²) in [7, 11) is 0. The number of nitrogens with one attached hydrogen (secondary N) is 1. The van der Waals surface area contributed by atoms with Crippen LogP contribution >= 0.6 is 11.8 Å². The Labute approximate surface area is 148 Å². The van der Waals surface area contributed by atoms with Gasteiger partial charge < -0.3 is 10.1 Å². The molecule has 0 saturated carbocycles. The molecule has 4 heteroatoms. The second kappa shape index (κ2) is 9.38. The first-order valence-corrected chi connectivity index (χ1v) is 9.28. The Morgan fingerprint density at radius 3 is 2.42 bits per heavy atom. The Hall–Kier alpha value is -1.94. The van der Waals surface area contributed by atoms with Crippen molar-refractivity contribution < 1.29 is 9.53 Å². The smallest absolute Gasteiger partial charge is 0.221 e. The van der Waals surface area contributed by atoms with Gasteiger partial charge in [0.1, 0.15) is 5.75 Å². The van der Waals surface area contributed by atoms with E-state index in [-0.39, 0.29) is 11.9 Å². The van der Waals surface area contributed by atoms with Gasteiger partial charge in [0.05, 0.1) is 12.6 Å². The topological polar surface area (TPSA) is 38.3 Å². The first-order valence-electron chi connectivity index (χ1n) is 8.30. The molecular formula is C20H25NO2S. The summed E-state index contributed by atoms with van der Waals surface area (Å²) in [4.78, 5) is 13.3. The summed E-state index contributed by atoms with van der Waals surface area (Å²) in [6.07, 6.45) is 0.514. The van der Waals surface area contributed by atoms with Gasteiger partial charge in [-0.25, -0.2) is 0 Å². The molecule has 0 aliphatic rings. The van der Waals surface area contributed by atoms with Crippen molar-refractivity contribution in [2.45, 2.75) is 38.1 Å². The van der Waals surface area contributed by atoms with Crippen LogP contribution < -0.4 is 10.1 Å². The normalized spacial score (nSPS) is 11.8. The number of benzene rings is 2. The van der Waals surface area contributed by atoms with Crippen molar-refractivity contribution in [1.29, 1.82) is 0 Å². The molecule has 128 valence electrons. The van der Waals surface area contributed by atoms with Crippen LogP contribution in [0.1, 0.15) is 37.4 Å².